The van der Waals surface area contributed by atoms with Crippen molar-refractivity contribution >= 4 is 5.78 Å². The zero-order valence-corrected chi connectivity index (χ0v) is 7.35. The van der Waals surface area contributed by atoms with E-state index in [1.165, 1.54) is 0 Å². The second kappa shape index (κ2) is 2.65. The van der Waals surface area contributed by atoms with Crippen LogP contribution in [-0.2, 0) is 4.79 Å². The number of carbonyl (C=O) groups is 1. The first kappa shape index (κ1) is 8.25. The monoisotopic (exact) mass is 150 g/mol. The highest BCUT2D eigenvalue weighted by Crippen LogP contribution is 2.27. The molecule has 1 aliphatic carbocycles. The number of allylic oxidation sites excluding steroid dienone is 4. The summed E-state index contributed by atoms with van der Waals surface area (Å²) >= 11 is 0. The smallest absolute Gasteiger partial charge is 0.164 e. The molecule has 1 rings (SSSR count). The second-order valence-corrected chi connectivity index (χ2v) is 3.69. The molecule has 0 aliphatic heterocycles. The summed E-state index contributed by atoms with van der Waals surface area (Å²) in [6, 6.07) is 0. The molecule has 0 aromatic carbocycles. The summed E-state index contributed by atoms with van der Waals surface area (Å²) in [5.41, 5.74) is 0.664. The van der Waals surface area contributed by atoms with Crippen LogP contribution in [0, 0.1) is 5.41 Å². The molecule has 0 fully saturated rings. The molecular formula is C10H14O. The van der Waals surface area contributed by atoms with E-state index in [4.69, 9.17) is 0 Å². The fourth-order valence-electron chi connectivity index (χ4n) is 1.28. The first-order chi connectivity index (χ1) is 5.04. The highest BCUT2D eigenvalue weighted by atomic mass is 16.1. The molecule has 11 heavy (non-hydrogen) atoms. The molecule has 0 N–H and O–H groups in total. The molecule has 0 saturated carbocycles. The van der Waals surface area contributed by atoms with E-state index in [9.17, 15) is 4.79 Å². The molecule has 0 bridgehead atoms. The van der Waals surface area contributed by atoms with Crippen LogP contribution < -0.4 is 0 Å². The van der Waals surface area contributed by atoms with Crippen LogP contribution in [0.25, 0.3) is 0 Å². The van der Waals surface area contributed by atoms with Crippen molar-refractivity contribution in [2.24, 2.45) is 5.41 Å². The molecule has 1 nitrogen and oxygen atoms in total. The van der Waals surface area contributed by atoms with E-state index < -0.39 is 0 Å². The molecule has 0 aromatic rings. The molecule has 0 unspecified atom stereocenters. The number of hydrogen-bond donors (Lipinski definition) is 0. The summed E-state index contributed by atoms with van der Waals surface area (Å²) in [4.78, 5) is 11.6. The van der Waals surface area contributed by atoms with E-state index in [0.717, 1.165) is 12.0 Å². The van der Waals surface area contributed by atoms with Crippen molar-refractivity contribution in [3.8, 4) is 0 Å². The summed E-state index contributed by atoms with van der Waals surface area (Å²) < 4.78 is 0. The molecule has 1 heteroatoms. The molecule has 0 amide bonds. The predicted octanol–water partition coefficient (Wildman–Crippen LogP) is 2.49. The topological polar surface area (TPSA) is 17.1 Å². The Labute approximate surface area is 67.8 Å². The van der Waals surface area contributed by atoms with Crippen molar-refractivity contribution in [1.29, 1.82) is 0 Å². The maximum absolute atomic E-state index is 11.6. The number of rotatable bonds is 0. The standard InChI is InChI=1S/C10H14O/c1-8-6-4-5-7-10(2,3)9(8)11/h4-6H,7H2,1-3H3. The molecule has 60 valence electrons. The first-order valence-electron chi connectivity index (χ1n) is 3.92. The Morgan fingerprint density at radius 1 is 1.45 bits per heavy atom. The van der Waals surface area contributed by atoms with Gasteiger partial charge in [-0.1, -0.05) is 32.1 Å². The van der Waals surface area contributed by atoms with Crippen molar-refractivity contribution in [3.63, 3.8) is 0 Å². The normalized spacial score (nSPS) is 22.8. The number of hydrogen-bond acceptors (Lipinski definition) is 1. The SMILES string of the molecule is CC1=CC=CCC(C)(C)C1=O. The maximum Gasteiger partial charge on any atom is 0.164 e. The van der Waals surface area contributed by atoms with Crippen molar-refractivity contribution < 1.29 is 4.79 Å². The largest absolute Gasteiger partial charge is 0.294 e. The van der Waals surface area contributed by atoms with E-state index in [1.54, 1.807) is 0 Å². The molecule has 0 radical (unpaired) electrons. The van der Waals surface area contributed by atoms with Gasteiger partial charge in [-0.05, 0) is 18.9 Å². The van der Waals surface area contributed by atoms with Crippen LogP contribution in [0.1, 0.15) is 27.2 Å². The van der Waals surface area contributed by atoms with Gasteiger partial charge in [0.1, 0.15) is 0 Å². The van der Waals surface area contributed by atoms with Gasteiger partial charge in [-0.3, -0.25) is 4.79 Å². The summed E-state index contributed by atoms with van der Waals surface area (Å²) in [7, 11) is 0. The fourth-order valence-corrected chi connectivity index (χ4v) is 1.28. The van der Waals surface area contributed by atoms with Crippen LogP contribution in [0.5, 0.6) is 0 Å². The Morgan fingerprint density at radius 2 is 2.09 bits per heavy atom. The van der Waals surface area contributed by atoms with Crippen LogP contribution in [0.4, 0.5) is 0 Å². The minimum absolute atomic E-state index is 0.201. The van der Waals surface area contributed by atoms with Gasteiger partial charge in [0.15, 0.2) is 5.78 Å². The highest BCUT2D eigenvalue weighted by Gasteiger charge is 2.27. The Hall–Kier alpha value is -0.850. The van der Waals surface area contributed by atoms with Crippen molar-refractivity contribution in [1.82, 2.24) is 0 Å². The van der Waals surface area contributed by atoms with Crippen LogP contribution in [0.2, 0.25) is 0 Å². The lowest BCUT2D eigenvalue weighted by Gasteiger charge is -2.19. The van der Waals surface area contributed by atoms with Crippen LogP contribution in [-0.4, -0.2) is 5.78 Å². The molecule has 0 aromatic heterocycles. The zero-order chi connectivity index (χ0) is 8.48. The Kier molecular flexibility index (Phi) is 1.99. The van der Waals surface area contributed by atoms with E-state index in [2.05, 4.69) is 6.08 Å². The van der Waals surface area contributed by atoms with E-state index in [-0.39, 0.29) is 11.2 Å². The van der Waals surface area contributed by atoms with Crippen molar-refractivity contribution in [2.45, 2.75) is 27.2 Å². The quantitative estimate of drug-likeness (QED) is 0.518. The lowest BCUT2D eigenvalue weighted by atomic mass is 9.82. The number of carbonyl (C=O) groups excluding carboxylic acids is 1. The first-order valence-corrected chi connectivity index (χ1v) is 3.92. The van der Waals surface area contributed by atoms with Gasteiger partial charge in [0, 0.05) is 5.41 Å². The number of Topliss-reactive ketones (excluding diaryl/α,β-unsaturated/α-hetero) is 1. The number of ketones is 1. The highest BCUT2D eigenvalue weighted by molar-refractivity contribution is 5.99. The van der Waals surface area contributed by atoms with E-state index in [0.29, 0.717) is 0 Å². The summed E-state index contributed by atoms with van der Waals surface area (Å²) in [6.45, 7) is 5.85. The van der Waals surface area contributed by atoms with Crippen molar-refractivity contribution in [3.05, 3.63) is 23.8 Å². The Balaban J connectivity index is 2.98. The van der Waals surface area contributed by atoms with E-state index in [1.807, 2.05) is 32.9 Å². The summed E-state index contributed by atoms with van der Waals surface area (Å²) in [5.74, 6) is 0.266. The van der Waals surface area contributed by atoms with Crippen LogP contribution >= 0.6 is 0 Å². The summed E-state index contributed by atoms with van der Waals surface area (Å²) in [6.07, 6.45) is 6.74. The predicted molar refractivity (Wildman–Crippen MR) is 46.3 cm³/mol. The van der Waals surface area contributed by atoms with Gasteiger partial charge in [-0.2, -0.15) is 0 Å². The van der Waals surface area contributed by atoms with Gasteiger partial charge in [0.2, 0.25) is 0 Å². The molecular weight excluding hydrogens is 136 g/mol. The third kappa shape index (κ3) is 1.59. The van der Waals surface area contributed by atoms with Crippen LogP contribution in [0.15, 0.2) is 23.8 Å². The van der Waals surface area contributed by atoms with E-state index >= 15 is 0 Å². The van der Waals surface area contributed by atoms with Gasteiger partial charge < -0.3 is 0 Å². The molecule has 1 aliphatic rings. The lowest BCUT2D eigenvalue weighted by Crippen LogP contribution is -2.23. The van der Waals surface area contributed by atoms with Gasteiger partial charge in [-0.25, -0.2) is 0 Å². The zero-order valence-electron chi connectivity index (χ0n) is 7.35. The van der Waals surface area contributed by atoms with Gasteiger partial charge in [-0.15, -0.1) is 0 Å². The average Bonchev–Trinajstić information content (AvgIpc) is 2.03. The second-order valence-electron chi connectivity index (χ2n) is 3.69. The van der Waals surface area contributed by atoms with Crippen LogP contribution in [0.3, 0.4) is 0 Å². The molecule has 0 spiro atoms. The van der Waals surface area contributed by atoms with Gasteiger partial charge in [0.05, 0.1) is 0 Å². The van der Waals surface area contributed by atoms with Crippen molar-refractivity contribution in [2.75, 3.05) is 0 Å². The van der Waals surface area contributed by atoms with Gasteiger partial charge in [0.25, 0.3) is 0 Å². The fraction of sp³-hybridized carbons (Fsp3) is 0.500. The molecule has 0 heterocycles. The summed E-state index contributed by atoms with van der Waals surface area (Å²) in [5, 5.41) is 0. The molecule has 0 atom stereocenters. The molecule has 0 saturated heterocycles. The Morgan fingerprint density at radius 3 is 2.73 bits per heavy atom. The average molecular weight is 150 g/mol. The Bertz CT molecular complexity index is 231. The third-order valence-electron chi connectivity index (χ3n) is 2.08. The lowest BCUT2D eigenvalue weighted by molar-refractivity contribution is -0.123. The third-order valence-corrected chi connectivity index (χ3v) is 2.08. The minimum atomic E-state index is -0.201. The minimum Gasteiger partial charge on any atom is -0.294 e. The van der Waals surface area contributed by atoms with Gasteiger partial charge >= 0.3 is 0 Å². The maximum atomic E-state index is 11.6.